The summed E-state index contributed by atoms with van der Waals surface area (Å²) in [6, 6.07) is 0. The van der Waals surface area contributed by atoms with E-state index in [1.165, 1.54) is 6.33 Å². The Morgan fingerprint density at radius 3 is 3.12 bits per heavy atom. The molecule has 3 nitrogen and oxygen atoms in total. The standard InChI is InChI=1S/C3H5N3S2/c1-7-8-3-4-2-5-6-3/h2H,1H3,(H,4,5,6). The lowest BCUT2D eigenvalue weighted by atomic mass is 11.3. The van der Waals surface area contributed by atoms with Gasteiger partial charge in [-0.1, -0.05) is 10.8 Å². The molecule has 5 heteroatoms. The van der Waals surface area contributed by atoms with Crippen LogP contribution in [0.2, 0.25) is 0 Å². The van der Waals surface area contributed by atoms with Crippen LogP contribution in [0.1, 0.15) is 0 Å². The first-order valence-corrected chi connectivity index (χ1v) is 4.55. The average molecular weight is 147 g/mol. The number of nitrogens with zero attached hydrogens (tertiary/aromatic N) is 2. The van der Waals surface area contributed by atoms with Crippen LogP contribution >= 0.6 is 21.6 Å². The van der Waals surface area contributed by atoms with Crippen molar-refractivity contribution in [3.05, 3.63) is 6.33 Å². The minimum Gasteiger partial charge on any atom is -0.254 e. The molecule has 1 aromatic rings. The summed E-state index contributed by atoms with van der Waals surface area (Å²) < 4.78 is 0. The van der Waals surface area contributed by atoms with E-state index in [-0.39, 0.29) is 0 Å². The lowest BCUT2D eigenvalue weighted by Crippen LogP contribution is -1.67. The van der Waals surface area contributed by atoms with Crippen molar-refractivity contribution in [3.8, 4) is 0 Å². The van der Waals surface area contributed by atoms with Crippen LogP contribution in [-0.4, -0.2) is 21.4 Å². The maximum absolute atomic E-state index is 3.88. The van der Waals surface area contributed by atoms with E-state index in [1.807, 2.05) is 6.26 Å². The molecule has 1 N–H and O–H groups in total. The highest BCUT2D eigenvalue weighted by atomic mass is 33.1. The van der Waals surface area contributed by atoms with Crippen molar-refractivity contribution in [1.29, 1.82) is 0 Å². The van der Waals surface area contributed by atoms with Crippen LogP contribution in [0.25, 0.3) is 0 Å². The SMILES string of the molecule is CSSc1ncn[nH]1. The molecule has 44 valence electrons. The molecule has 0 atom stereocenters. The predicted molar refractivity (Wildman–Crippen MR) is 35.8 cm³/mol. The Morgan fingerprint density at radius 1 is 1.75 bits per heavy atom. The topological polar surface area (TPSA) is 41.6 Å². The van der Waals surface area contributed by atoms with Gasteiger partial charge in [-0.3, -0.25) is 5.10 Å². The van der Waals surface area contributed by atoms with E-state index in [0.717, 1.165) is 5.16 Å². The van der Waals surface area contributed by atoms with Crippen LogP contribution in [0.4, 0.5) is 0 Å². The zero-order chi connectivity index (χ0) is 5.82. The third-order valence-corrected chi connectivity index (χ3v) is 2.05. The van der Waals surface area contributed by atoms with E-state index in [0.29, 0.717) is 0 Å². The van der Waals surface area contributed by atoms with Gasteiger partial charge in [-0.2, -0.15) is 5.10 Å². The molecule has 0 aliphatic carbocycles. The smallest absolute Gasteiger partial charge is 0.194 e. The molecule has 0 bridgehead atoms. The number of rotatable bonds is 2. The van der Waals surface area contributed by atoms with Crippen molar-refractivity contribution in [3.63, 3.8) is 0 Å². The van der Waals surface area contributed by atoms with Gasteiger partial charge in [-0.25, -0.2) is 4.98 Å². The van der Waals surface area contributed by atoms with Crippen molar-refractivity contribution in [1.82, 2.24) is 15.2 Å². The fourth-order valence-electron chi connectivity index (χ4n) is 0.313. The van der Waals surface area contributed by atoms with Gasteiger partial charge in [-0.05, 0) is 17.0 Å². The molecule has 0 fully saturated rings. The van der Waals surface area contributed by atoms with Gasteiger partial charge in [0.05, 0.1) is 0 Å². The lowest BCUT2D eigenvalue weighted by molar-refractivity contribution is 0.979. The highest BCUT2D eigenvalue weighted by molar-refractivity contribution is 8.76. The second-order valence-electron chi connectivity index (χ2n) is 1.04. The van der Waals surface area contributed by atoms with Crippen LogP contribution in [0, 0.1) is 0 Å². The number of hydrogen-bond donors (Lipinski definition) is 1. The van der Waals surface area contributed by atoms with E-state index in [1.54, 1.807) is 21.6 Å². The summed E-state index contributed by atoms with van der Waals surface area (Å²) in [6.45, 7) is 0. The molecule has 0 aliphatic heterocycles. The zero-order valence-corrected chi connectivity index (χ0v) is 5.92. The summed E-state index contributed by atoms with van der Waals surface area (Å²) in [5, 5.41) is 7.25. The average Bonchev–Trinajstić information content (AvgIpc) is 2.19. The van der Waals surface area contributed by atoms with Crippen molar-refractivity contribution in [2.75, 3.05) is 6.26 Å². The van der Waals surface area contributed by atoms with Crippen LogP contribution in [0.3, 0.4) is 0 Å². The second kappa shape index (κ2) is 2.99. The predicted octanol–water partition coefficient (Wildman–Crippen LogP) is 1.17. The first-order valence-electron chi connectivity index (χ1n) is 1.99. The summed E-state index contributed by atoms with van der Waals surface area (Å²) in [7, 11) is 3.21. The lowest BCUT2D eigenvalue weighted by Gasteiger charge is -1.83. The molecule has 0 aliphatic rings. The Morgan fingerprint density at radius 2 is 2.62 bits per heavy atom. The van der Waals surface area contributed by atoms with Crippen LogP contribution in [0.5, 0.6) is 0 Å². The quantitative estimate of drug-likeness (QED) is 0.638. The highest BCUT2D eigenvalue weighted by Gasteiger charge is 1.90. The summed E-state index contributed by atoms with van der Waals surface area (Å²) in [5.74, 6) is 0. The molecular formula is C3H5N3S2. The van der Waals surface area contributed by atoms with E-state index in [2.05, 4.69) is 15.2 Å². The Labute approximate surface area is 55.1 Å². The number of H-pyrrole nitrogens is 1. The molecule has 8 heavy (non-hydrogen) atoms. The fourth-order valence-corrected chi connectivity index (χ4v) is 1.37. The normalized spacial score (nSPS) is 9.62. The number of hydrogen-bond acceptors (Lipinski definition) is 4. The Balaban J connectivity index is 2.50. The summed E-state index contributed by atoms with van der Waals surface area (Å²) >= 11 is 0. The van der Waals surface area contributed by atoms with Gasteiger partial charge < -0.3 is 0 Å². The minimum atomic E-state index is 0.859. The molecule has 0 unspecified atom stereocenters. The largest absolute Gasteiger partial charge is 0.254 e. The highest BCUT2D eigenvalue weighted by Crippen LogP contribution is 2.23. The van der Waals surface area contributed by atoms with E-state index < -0.39 is 0 Å². The number of aromatic amines is 1. The molecule has 1 aromatic heterocycles. The van der Waals surface area contributed by atoms with Gasteiger partial charge in [0, 0.05) is 0 Å². The van der Waals surface area contributed by atoms with Crippen LogP contribution < -0.4 is 0 Å². The molecule has 1 heterocycles. The molecule has 0 radical (unpaired) electrons. The molecule has 0 aromatic carbocycles. The molecule has 0 amide bonds. The monoisotopic (exact) mass is 147 g/mol. The first kappa shape index (κ1) is 5.97. The van der Waals surface area contributed by atoms with Gasteiger partial charge in [0.25, 0.3) is 0 Å². The third kappa shape index (κ3) is 1.41. The second-order valence-corrected chi connectivity index (χ2v) is 3.43. The van der Waals surface area contributed by atoms with Gasteiger partial charge in [0.1, 0.15) is 6.33 Å². The van der Waals surface area contributed by atoms with Crippen molar-refractivity contribution in [2.24, 2.45) is 0 Å². The summed E-state index contributed by atoms with van der Waals surface area (Å²) in [5.41, 5.74) is 0. The minimum absolute atomic E-state index is 0.859. The molecule has 0 saturated carbocycles. The van der Waals surface area contributed by atoms with Gasteiger partial charge in [0.15, 0.2) is 5.16 Å². The number of aromatic nitrogens is 3. The Kier molecular flexibility index (Phi) is 2.23. The van der Waals surface area contributed by atoms with Gasteiger partial charge in [0.2, 0.25) is 0 Å². The van der Waals surface area contributed by atoms with E-state index in [9.17, 15) is 0 Å². The van der Waals surface area contributed by atoms with E-state index in [4.69, 9.17) is 0 Å². The summed E-state index contributed by atoms with van der Waals surface area (Å²) in [6.07, 6.45) is 3.49. The third-order valence-electron chi connectivity index (χ3n) is 0.555. The molecule has 0 saturated heterocycles. The van der Waals surface area contributed by atoms with Gasteiger partial charge >= 0.3 is 0 Å². The maximum atomic E-state index is 3.88. The molecule has 0 spiro atoms. The molecule has 1 rings (SSSR count). The first-order chi connectivity index (χ1) is 3.93. The van der Waals surface area contributed by atoms with Crippen LogP contribution in [-0.2, 0) is 0 Å². The zero-order valence-electron chi connectivity index (χ0n) is 4.29. The summed E-state index contributed by atoms with van der Waals surface area (Å²) in [4.78, 5) is 3.88. The Bertz CT molecular complexity index is 138. The van der Waals surface area contributed by atoms with Crippen molar-refractivity contribution >= 4 is 21.6 Å². The Hall–Kier alpha value is -0.160. The van der Waals surface area contributed by atoms with Crippen LogP contribution in [0.15, 0.2) is 11.5 Å². The maximum Gasteiger partial charge on any atom is 0.194 e. The molecular weight excluding hydrogens is 142 g/mol. The van der Waals surface area contributed by atoms with Gasteiger partial charge in [-0.15, -0.1) is 0 Å². The van der Waals surface area contributed by atoms with Crippen molar-refractivity contribution in [2.45, 2.75) is 5.16 Å². The number of nitrogens with one attached hydrogen (secondary N) is 1. The van der Waals surface area contributed by atoms with Crippen molar-refractivity contribution < 1.29 is 0 Å². The van der Waals surface area contributed by atoms with E-state index >= 15 is 0 Å². The fraction of sp³-hybridized carbons (Fsp3) is 0.333.